The van der Waals surface area contributed by atoms with Crippen molar-refractivity contribution in [2.24, 2.45) is 5.16 Å². The molecule has 1 aliphatic rings. The van der Waals surface area contributed by atoms with E-state index in [2.05, 4.69) is 31.4 Å². The van der Waals surface area contributed by atoms with Crippen LogP contribution in [0.5, 0.6) is 0 Å². The molecule has 1 aromatic heterocycles. The van der Waals surface area contributed by atoms with Gasteiger partial charge in [0.25, 0.3) is 5.91 Å². The second-order valence-electron chi connectivity index (χ2n) is 11.8. The average molecular weight is 585 g/mol. The number of aliphatic hydroxyl groups is 1. The Hall–Kier alpha value is -3.30. The number of oxime groups is 1. The molecule has 0 aliphatic carbocycles. The Morgan fingerprint density at radius 3 is 2.30 bits per heavy atom. The van der Waals surface area contributed by atoms with Gasteiger partial charge in [0.1, 0.15) is 22.9 Å². The first kappa shape index (κ1) is 32.9. The van der Waals surface area contributed by atoms with Crippen LogP contribution in [0.25, 0.3) is 0 Å². The minimum Gasteiger partial charge on any atom is -0.457 e. The Balaban J connectivity index is 2.27. The molecule has 1 unspecified atom stereocenters. The van der Waals surface area contributed by atoms with E-state index in [1.165, 1.54) is 19.2 Å². The Morgan fingerprint density at radius 1 is 1.12 bits per heavy atom. The quantitative estimate of drug-likeness (QED) is 0.110. The van der Waals surface area contributed by atoms with Crippen molar-refractivity contribution in [1.29, 1.82) is 0 Å². The van der Waals surface area contributed by atoms with Crippen LogP contribution in [-0.2, 0) is 28.7 Å². The number of amides is 3. The number of nitrogens with zero attached hydrogens (tertiary/aromatic N) is 2. The lowest BCUT2D eigenvalue weighted by molar-refractivity contribution is -0.179. The lowest BCUT2D eigenvalue weighted by Gasteiger charge is -2.37. The third-order valence-electron chi connectivity index (χ3n) is 4.93. The topological polar surface area (TPSA) is 190 Å². The normalized spacial score (nSPS) is 18.6. The Morgan fingerprint density at radius 2 is 1.75 bits per heavy atom. The van der Waals surface area contributed by atoms with Gasteiger partial charge < -0.3 is 35.4 Å². The van der Waals surface area contributed by atoms with Crippen LogP contribution < -0.4 is 21.3 Å². The molecule has 5 N–H and O–H groups in total. The van der Waals surface area contributed by atoms with Crippen LogP contribution in [0.1, 0.15) is 68.0 Å². The van der Waals surface area contributed by atoms with Crippen molar-refractivity contribution in [2.75, 3.05) is 18.4 Å². The molecule has 3 atom stereocenters. The minimum atomic E-state index is -1.58. The Labute approximate surface area is 237 Å². The minimum absolute atomic E-state index is 0.0251. The highest BCUT2D eigenvalue weighted by molar-refractivity contribution is 7.14. The van der Waals surface area contributed by atoms with Gasteiger partial charge in [-0.25, -0.2) is 14.6 Å². The van der Waals surface area contributed by atoms with Gasteiger partial charge in [-0.3, -0.25) is 14.9 Å². The third kappa shape index (κ3) is 10.4. The van der Waals surface area contributed by atoms with Gasteiger partial charge in [-0.05, 0) is 62.3 Å². The number of aliphatic hydroxyl groups excluding tert-OH is 1. The fraction of sp³-hybridized carbons (Fsp3) is 0.680. The van der Waals surface area contributed by atoms with Crippen molar-refractivity contribution >= 4 is 46.1 Å². The van der Waals surface area contributed by atoms with E-state index >= 15 is 0 Å². The van der Waals surface area contributed by atoms with Gasteiger partial charge in [-0.1, -0.05) is 5.16 Å². The van der Waals surface area contributed by atoms with Gasteiger partial charge in [0.2, 0.25) is 11.5 Å². The lowest BCUT2D eigenvalue weighted by Crippen LogP contribution is -2.72. The number of aromatic nitrogens is 1. The number of esters is 1. The fourth-order valence-corrected chi connectivity index (χ4v) is 3.75. The van der Waals surface area contributed by atoms with Gasteiger partial charge >= 0.3 is 12.1 Å². The van der Waals surface area contributed by atoms with Crippen LogP contribution in [0.4, 0.5) is 9.93 Å². The molecule has 0 saturated carbocycles. The molecule has 224 valence electrons. The zero-order valence-electron chi connectivity index (χ0n) is 24.3. The van der Waals surface area contributed by atoms with Gasteiger partial charge in [-0.15, -0.1) is 11.3 Å². The van der Waals surface area contributed by atoms with E-state index in [4.69, 9.17) is 14.3 Å². The summed E-state index contributed by atoms with van der Waals surface area (Å²) in [5.41, 5.74) is -3.40. The summed E-state index contributed by atoms with van der Waals surface area (Å²) in [4.78, 5) is 60.0. The third-order valence-corrected chi connectivity index (χ3v) is 5.69. The summed E-state index contributed by atoms with van der Waals surface area (Å²) in [7, 11) is 0. The molecule has 0 radical (unpaired) electrons. The molecule has 3 amide bonds. The summed E-state index contributed by atoms with van der Waals surface area (Å²) in [5.74, 6) is -1.91. The highest BCUT2D eigenvalue weighted by atomic mass is 32.1. The summed E-state index contributed by atoms with van der Waals surface area (Å²) in [6.07, 6.45) is -1.32. The fourth-order valence-electron chi connectivity index (χ4n) is 3.07. The molecule has 2 heterocycles. The molecule has 1 saturated heterocycles. The molecule has 0 aromatic carbocycles. The van der Waals surface area contributed by atoms with E-state index < -0.39 is 58.9 Å². The van der Waals surface area contributed by atoms with E-state index in [9.17, 15) is 24.3 Å². The van der Waals surface area contributed by atoms with Crippen LogP contribution in [0, 0.1) is 0 Å². The first-order valence-corrected chi connectivity index (χ1v) is 13.6. The highest BCUT2D eigenvalue weighted by Crippen LogP contribution is 2.21. The Kier molecular flexibility index (Phi) is 10.6. The van der Waals surface area contributed by atoms with Crippen molar-refractivity contribution in [2.45, 2.75) is 97.3 Å². The Bertz CT molecular complexity index is 1120. The maximum atomic E-state index is 13.3. The summed E-state index contributed by atoms with van der Waals surface area (Å²) in [6.45, 7) is 15.3. The van der Waals surface area contributed by atoms with Crippen LogP contribution in [0.3, 0.4) is 0 Å². The molecule has 1 aliphatic heterocycles. The number of anilines is 1. The molecule has 0 spiro atoms. The maximum absolute atomic E-state index is 13.3. The summed E-state index contributed by atoms with van der Waals surface area (Å²) in [6, 6.07) is -1.33. The summed E-state index contributed by atoms with van der Waals surface area (Å²) >= 11 is 1.01. The average Bonchev–Trinajstić information content (AvgIpc) is 3.22. The molecule has 14 nitrogen and oxygen atoms in total. The van der Waals surface area contributed by atoms with Crippen molar-refractivity contribution in [3.8, 4) is 0 Å². The van der Waals surface area contributed by atoms with E-state index in [1.807, 2.05) is 0 Å². The summed E-state index contributed by atoms with van der Waals surface area (Å²) < 4.78 is 10.6. The van der Waals surface area contributed by atoms with E-state index in [-0.39, 0.29) is 16.5 Å². The smallest absolute Gasteiger partial charge is 0.413 e. The molecule has 40 heavy (non-hydrogen) atoms. The monoisotopic (exact) mass is 584 g/mol. The van der Waals surface area contributed by atoms with Gasteiger partial charge in [0, 0.05) is 18.5 Å². The zero-order chi connectivity index (χ0) is 30.5. The molecule has 0 bridgehead atoms. The van der Waals surface area contributed by atoms with E-state index in [0.29, 0.717) is 13.1 Å². The number of rotatable bonds is 11. The molecular weight excluding hydrogens is 544 g/mol. The molecule has 1 fully saturated rings. The first-order chi connectivity index (χ1) is 18.3. The van der Waals surface area contributed by atoms with Gasteiger partial charge in [-0.2, -0.15) is 0 Å². The van der Waals surface area contributed by atoms with E-state index in [0.717, 1.165) is 11.3 Å². The van der Waals surface area contributed by atoms with Crippen molar-refractivity contribution in [3.63, 3.8) is 0 Å². The van der Waals surface area contributed by atoms with Crippen molar-refractivity contribution in [1.82, 2.24) is 20.9 Å². The number of β-lactam (4-membered cyclic amide) rings is 1. The van der Waals surface area contributed by atoms with Crippen LogP contribution in [0.2, 0.25) is 0 Å². The highest BCUT2D eigenvalue weighted by Gasteiger charge is 2.41. The number of carbonyl (C=O) groups is 4. The maximum Gasteiger partial charge on any atom is 0.413 e. The van der Waals surface area contributed by atoms with Gasteiger partial charge in [0.05, 0.1) is 12.1 Å². The van der Waals surface area contributed by atoms with Gasteiger partial charge in [0.15, 0.2) is 10.8 Å². The number of carbonyl (C=O) groups excluding carboxylic acids is 4. The van der Waals surface area contributed by atoms with Crippen molar-refractivity contribution < 1.29 is 38.6 Å². The second kappa shape index (κ2) is 12.9. The number of hydrogen-bond acceptors (Lipinski definition) is 12. The predicted molar refractivity (Wildman–Crippen MR) is 148 cm³/mol. The van der Waals surface area contributed by atoms with Crippen LogP contribution in [-0.4, -0.2) is 87.8 Å². The second-order valence-corrected chi connectivity index (χ2v) is 12.6. The van der Waals surface area contributed by atoms with E-state index in [1.54, 1.807) is 48.5 Å². The predicted octanol–water partition coefficient (Wildman–Crippen LogP) is 1.28. The molecule has 2 rings (SSSR count). The lowest BCUT2D eigenvalue weighted by atomic mass is 9.98. The number of thiazole rings is 1. The van der Waals surface area contributed by atoms with Crippen molar-refractivity contribution in [3.05, 3.63) is 11.1 Å². The standard InChI is InChI=1S/C25H40N6O8S/c1-13(32)10-26-11-14-16(18(33)27-14)29-19(34)17(31-39-25(8,9)20(35)37-23(2,3)4)15-12-40-21(28-15)30-22(36)38-24(5,6)7/h12-14,16,26,32H,10-11H2,1-9H3,(H,27,33)(H,29,34)(H,28,30,36)/t13?,14-,16+/m1/s1. The number of nitrogens with one attached hydrogen (secondary N) is 4. The first-order valence-electron chi connectivity index (χ1n) is 12.7. The SMILES string of the molecule is CC(O)CNC[C@H]1NC(=O)[C@H]1NC(=O)C(=NOC(C)(C)C(=O)OC(C)(C)C)c1csc(NC(=O)OC(C)(C)C)n1. The molecular formula is C25H40N6O8S. The van der Waals surface area contributed by atoms with Crippen LogP contribution >= 0.6 is 11.3 Å². The number of ether oxygens (including phenoxy) is 2. The summed E-state index contributed by atoms with van der Waals surface area (Å²) in [5, 5.41) is 25.7. The molecule has 1 aromatic rings. The largest absolute Gasteiger partial charge is 0.457 e. The zero-order valence-corrected chi connectivity index (χ0v) is 25.1. The number of hydrogen-bond donors (Lipinski definition) is 5. The van der Waals surface area contributed by atoms with Crippen LogP contribution in [0.15, 0.2) is 10.5 Å². The molecule has 15 heteroatoms.